The van der Waals surface area contributed by atoms with Gasteiger partial charge in [0.25, 0.3) is 0 Å². The number of urea groups is 1. The molecule has 1 saturated carbocycles. The van der Waals surface area contributed by atoms with Crippen LogP contribution in [0.15, 0.2) is 18.2 Å². The van der Waals surface area contributed by atoms with Crippen molar-refractivity contribution in [2.75, 3.05) is 39.3 Å². The van der Waals surface area contributed by atoms with Crippen molar-refractivity contribution in [3.05, 3.63) is 18.2 Å². The van der Waals surface area contributed by atoms with Crippen molar-refractivity contribution in [2.45, 2.75) is 32.1 Å². The number of hydrogen-bond donors (Lipinski definition) is 2. The standard InChI is InChI=1S/C18H28N2O4/c1-22-10-11-24-17-12-15(8-9-16(17)23-2)20-18(21)19-13-14-6-4-3-5-7-14/h8-9,12,14H,3-7,10-11,13H2,1-2H3,(H2,19,20,21). The normalized spacial score (nSPS) is 14.9. The Morgan fingerprint density at radius 2 is 1.92 bits per heavy atom. The number of ether oxygens (including phenoxy) is 3. The van der Waals surface area contributed by atoms with Gasteiger partial charge < -0.3 is 24.8 Å². The Labute approximate surface area is 143 Å². The minimum atomic E-state index is -0.186. The van der Waals surface area contributed by atoms with Crippen LogP contribution in [0, 0.1) is 5.92 Å². The van der Waals surface area contributed by atoms with Crippen molar-refractivity contribution in [1.82, 2.24) is 5.32 Å². The van der Waals surface area contributed by atoms with Gasteiger partial charge in [-0.05, 0) is 30.9 Å². The second kappa shape index (κ2) is 10.0. The SMILES string of the molecule is COCCOc1cc(NC(=O)NCC2CCCCC2)ccc1OC. The number of carbonyl (C=O) groups is 1. The maximum atomic E-state index is 12.1. The van der Waals surface area contributed by atoms with Crippen LogP contribution < -0.4 is 20.1 Å². The minimum absolute atomic E-state index is 0.186. The first-order valence-electron chi connectivity index (χ1n) is 8.57. The Hall–Kier alpha value is -1.95. The molecule has 0 spiro atoms. The fraction of sp³-hybridized carbons (Fsp3) is 0.611. The van der Waals surface area contributed by atoms with Crippen LogP contribution in [0.3, 0.4) is 0 Å². The van der Waals surface area contributed by atoms with E-state index in [9.17, 15) is 4.79 Å². The predicted octanol–water partition coefficient (Wildman–Crippen LogP) is 3.42. The zero-order valence-corrected chi connectivity index (χ0v) is 14.6. The number of anilines is 1. The van der Waals surface area contributed by atoms with Gasteiger partial charge in [-0.2, -0.15) is 0 Å². The summed E-state index contributed by atoms with van der Waals surface area (Å²) in [6, 6.07) is 5.14. The lowest BCUT2D eigenvalue weighted by Crippen LogP contribution is -2.33. The van der Waals surface area contributed by atoms with Crippen molar-refractivity contribution in [2.24, 2.45) is 5.92 Å². The molecule has 6 nitrogen and oxygen atoms in total. The molecule has 0 saturated heterocycles. The van der Waals surface area contributed by atoms with Crippen molar-refractivity contribution >= 4 is 11.7 Å². The monoisotopic (exact) mass is 336 g/mol. The van der Waals surface area contributed by atoms with Crippen LogP contribution in [-0.2, 0) is 4.74 Å². The van der Waals surface area contributed by atoms with E-state index >= 15 is 0 Å². The van der Waals surface area contributed by atoms with Crippen molar-refractivity contribution in [1.29, 1.82) is 0 Å². The molecule has 1 aromatic rings. The van der Waals surface area contributed by atoms with E-state index in [0.717, 1.165) is 6.54 Å². The molecule has 0 atom stereocenters. The summed E-state index contributed by atoms with van der Waals surface area (Å²) in [6.45, 7) is 1.64. The van der Waals surface area contributed by atoms with Crippen LogP contribution in [0.25, 0.3) is 0 Å². The lowest BCUT2D eigenvalue weighted by Gasteiger charge is -2.21. The van der Waals surface area contributed by atoms with E-state index in [4.69, 9.17) is 14.2 Å². The first-order chi connectivity index (χ1) is 11.7. The average molecular weight is 336 g/mol. The van der Waals surface area contributed by atoms with Crippen molar-refractivity contribution < 1.29 is 19.0 Å². The molecule has 24 heavy (non-hydrogen) atoms. The molecule has 0 aromatic heterocycles. The van der Waals surface area contributed by atoms with Crippen LogP contribution in [0.2, 0.25) is 0 Å². The molecule has 1 fully saturated rings. The molecular weight excluding hydrogens is 308 g/mol. The average Bonchev–Trinajstić information content (AvgIpc) is 2.61. The molecule has 2 rings (SSSR count). The molecule has 0 aliphatic heterocycles. The number of carbonyl (C=O) groups excluding carboxylic acids is 1. The molecular formula is C18H28N2O4. The molecule has 0 bridgehead atoms. The molecule has 1 aliphatic rings. The number of rotatable bonds is 8. The molecule has 134 valence electrons. The summed E-state index contributed by atoms with van der Waals surface area (Å²) in [5.74, 6) is 1.81. The van der Waals surface area contributed by atoms with Gasteiger partial charge in [0, 0.05) is 25.4 Å². The summed E-state index contributed by atoms with van der Waals surface area (Å²) in [7, 11) is 3.21. The maximum absolute atomic E-state index is 12.1. The number of amides is 2. The van der Waals surface area contributed by atoms with E-state index in [1.54, 1.807) is 32.4 Å². The Morgan fingerprint density at radius 1 is 1.12 bits per heavy atom. The molecule has 0 radical (unpaired) electrons. The number of benzene rings is 1. The maximum Gasteiger partial charge on any atom is 0.319 e. The lowest BCUT2D eigenvalue weighted by molar-refractivity contribution is 0.144. The van der Waals surface area contributed by atoms with Crippen LogP contribution in [-0.4, -0.2) is 40.0 Å². The molecule has 6 heteroatoms. The topological polar surface area (TPSA) is 68.8 Å². The summed E-state index contributed by atoms with van der Waals surface area (Å²) in [5.41, 5.74) is 0.671. The van der Waals surface area contributed by atoms with Crippen LogP contribution in [0.4, 0.5) is 10.5 Å². The predicted molar refractivity (Wildman–Crippen MR) is 94.0 cm³/mol. The highest BCUT2D eigenvalue weighted by molar-refractivity contribution is 5.89. The van der Waals surface area contributed by atoms with Crippen molar-refractivity contribution in [3.63, 3.8) is 0 Å². The third-order valence-corrected chi connectivity index (χ3v) is 4.24. The summed E-state index contributed by atoms with van der Waals surface area (Å²) in [5, 5.41) is 5.81. The quantitative estimate of drug-likeness (QED) is 0.714. The van der Waals surface area contributed by atoms with E-state index in [0.29, 0.717) is 36.3 Å². The molecule has 1 aliphatic carbocycles. The summed E-state index contributed by atoms with van der Waals surface area (Å²) >= 11 is 0. The van der Waals surface area contributed by atoms with E-state index < -0.39 is 0 Å². The summed E-state index contributed by atoms with van der Waals surface area (Å²) in [6.07, 6.45) is 6.28. The van der Waals surface area contributed by atoms with Crippen LogP contribution >= 0.6 is 0 Å². The van der Waals surface area contributed by atoms with Gasteiger partial charge >= 0.3 is 6.03 Å². The van der Waals surface area contributed by atoms with E-state index in [1.165, 1.54) is 32.1 Å². The van der Waals surface area contributed by atoms with E-state index in [1.807, 2.05) is 0 Å². The first-order valence-corrected chi connectivity index (χ1v) is 8.57. The highest BCUT2D eigenvalue weighted by atomic mass is 16.5. The fourth-order valence-corrected chi connectivity index (χ4v) is 2.91. The smallest absolute Gasteiger partial charge is 0.319 e. The zero-order valence-electron chi connectivity index (χ0n) is 14.6. The van der Waals surface area contributed by atoms with Crippen LogP contribution in [0.1, 0.15) is 32.1 Å². The summed E-state index contributed by atoms with van der Waals surface area (Å²) < 4.78 is 15.9. The third-order valence-electron chi connectivity index (χ3n) is 4.24. The fourth-order valence-electron chi connectivity index (χ4n) is 2.91. The number of hydrogen-bond acceptors (Lipinski definition) is 4. The van der Waals surface area contributed by atoms with Gasteiger partial charge in [0.05, 0.1) is 13.7 Å². The van der Waals surface area contributed by atoms with Gasteiger partial charge in [-0.15, -0.1) is 0 Å². The Kier molecular flexibility index (Phi) is 7.68. The molecule has 0 heterocycles. The highest BCUT2D eigenvalue weighted by Crippen LogP contribution is 2.30. The Morgan fingerprint density at radius 3 is 2.62 bits per heavy atom. The van der Waals surface area contributed by atoms with Crippen LogP contribution in [0.5, 0.6) is 11.5 Å². The molecule has 0 unspecified atom stereocenters. The van der Waals surface area contributed by atoms with Crippen molar-refractivity contribution in [3.8, 4) is 11.5 Å². The van der Waals surface area contributed by atoms with Gasteiger partial charge in [0.2, 0.25) is 0 Å². The number of nitrogens with one attached hydrogen (secondary N) is 2. The Bertz CT molecular complexity index is 516. The molecule has 1 aromatic carbocycles. The largest absolute Gasteiger partial charge is 0.493 e. The zero-order chi connectivity index (χ0) is 17.2. The van der Waals surface area contributed by atoms with E-state index in [2.05, 4.69) is 10.6 Å². The van der Waals surface area contributed by atoms with E-state index in [-0.39, 0.29) is 6.03 Å². The first kappa shape index (κ1) is 18.4. The summed E-state index contributed by atoms with van der Waals surface area (Å²) in [4.78, 5) is 12.1. The van der Waals surface area contributed by atoms with Gasteiger partial charge in [0.1, 0.15) is 6.61 Å². The lowest BCUT2D eigenvalue weighted by atomic mass is 9.89. The van der Waals surface area contributed by atoms with Gasteiger partial charge in [-0.25, -0.2) is 4.79 Å². The second-order valence-corrected chi connectivity index (χ2v) is 6.05. The number of methoxy groups -OCH3 is 2. The van der Waals surface area contributed by atoms with Gasteiger partial charge in [-0.3, -0.25) is 0 Å². The third kappa shape index (κ3) is 5.92. The Balaban J connectivity index is 1.85. The van der Waals surface area contributed by atoms with Gasteiger partial charge in [-0.1, -0.05) is 19.3 Å². The highest BCUT2D eigenvalue weighted by Gasteiger charge is 2.14. The molecule has 2 amide bonds. The minimum Gasteiger partial charge on any atom is -0.493 e. The van der Waals surface area contributed by atoms with Gasteiger partial charge in [0.15, 0.2) is 11.5 Å². The second-order valence-electron chi connectivity index (χ2n) is 6.05. The molecule has 2 N–H and O–H groups in total.